The number of likely N-dealkylation sites (N-methyl/N-ethyl adjacent to an activating group) is 1. The highest BCUT2D eigenvalue weighted by Gasteiger charge is 2.22. The average Bonchev–Trinajstić information content (AvgIpc) is 2.71. The molecule has 2 rings (SSSR count). The largest absolute Gasteiger partial charge is 0.309 e. The van der Waals surface area contributed by atoms with Crippen molar-refractivity contribution in [1.82, 2.24) is 10.2 Å². The molecule has 0 aromatic heterocycles. The number of rotatable bonds is 5. The zero-order valence-corrected chi connectivity index (χ0v) is 11.5. The summed E-state index contributed by atoms with van der Waals surface area (Å²) in [4.78, 5) is 2.33. The lowest BCUT2D eigenvalue weighted by molar-refractivity contribution is 0.269. The summed E-state index contributed by atoms with van der Waals surface area (Å²) < 4.78 is 13.1. The van der Waals surface area contributed by atoms with E-state index in [4.69, 9.17) is 0 Å². The van der Waals surface area contributed by atoms with Crippen LogP contribution in [0.4, 0.5) is 4.39 Å². The molecular weight excluding hydrogens is 227 g/mol. The molecular formula is C15H23FN2. The van der Waals surface area contributed by atoms with Crippen LogP contribution in [0.2, 0.25) is 0 Å². The minimum absolute atomic E-state index is 0.117. The second-order valence-electron chi connectivity index (χ2n) is 5.46. The van der Waals surface area contributed by atoms with Crippen LogP contribution >= 0.6 is 0 Å². The number of benzene rings is 1. The molecule has 0 heterocycles. The van der Waals surface area contributed by atoms with E-state index in [0.29, 0.717) is 12.1 Å². The molecule has 0 fully saturated rings. The van der Waals surface area contributed by atoms with Gasteiger partial charge in [0.1, 0.15) is 5.82 Å². The lowest BCUT2D eigenvalue weighted by Gasteiger charge is -2.22. The smallest absolute Gasteiger partial charge is 0.123 e. The molecule has 1 N–H and O–H groups in total. The van der Waals surface area contributed by atoms with E-state index >= 15 is 0 Å². The molecule has 0 amide bonds. The third-order valence-electron chi connectivity index (χ3n) is 3.92. The summed E-state index contributed by atoms with van der Waals surface area (Å²) in [5, 5.41) is 3.58. The molecule has 0 aliphatic heterocycles. The molecule has 1 atom stereocenters. The number of nitrogens with zero attached hydrogens (tertiary/aromatic N) is 1. The summed E-state index contributed by atoms with van der Waals surface area (Å²) >= 11 is 0. The molecule has 1 aromatic carbocycles. The maximum atomic E-state index is 13.1. The Balaban J connectivity index is 1.86. The van der Waals surface area contributed by atoms with E-state index in [-0.39, 0.29) is 5.82 Å². The van der Waals surface area contributed by atoms with E-state index in [1.807, 2.05) is 6.07 Å². The van der Waals surface area contributed by atoms with Crippen molar-refractivity contribution in [1.29, 1.82) is 0 Å². The molecule has 18 heavy (non-hydrogen) atoms. The van der Waals surface area contributed by atoms with Crippen LogP contribution in [0.25, 0.3) is 0 Å². The predicted molar refractivity (Wildman–Crippen MR) is 73.2 cm³/mol. The normalized spacial score (nSPS) is 18.7. The fraction of sp³-hybridized carbons (Fsp3) is 0.600. The van der Waals surface area contributed by atoms with Gasteiger partial charge in [0.2, 0.25) is 0 Å². The van der Waals surface area contributed by atoms with Gasteiger partial charge in [-0.15, -0.1) is 0 Å². The Labute approximate surface area is 109 Å². The van der Waals surface area contributed by atoms with Gasteiger partial charge in [-0.1, -0.05) is 6.07 Å². The highest BCUT2D eigenvalue weighted by atomic mass is 19.1. The minimum Gasteiger partial charge on any atom is -0.309 e. The van der Waals surface area contributed by atoms with Gasteiger partial charge in [-0.25, -0.2) is 4.39 Å². The Morgan fingerprint density at radius 1 is 1.44 bits per heavy atom. The van der Waals surface area contributed by atoms with E-state index in [9.17, 15) is 4.39 Å². The van der Waals surface area contributed by atoms with Gasteiger partial charge < -0.3 is 10.2 Å². The van der Waals surface area contributed by atoms with E-state index < -0.39 is 0 Å². The summed E-state index contributed by atoms with van der Waals surface area (Å²) in [5.41, 5.74) is 2.45. The second-order valence-corrected chi connectivity index (χ2v) is 5.46. The fourth-order valence-electron chi connectivity index (χ4n) is 2.47. The molecule has 0 saturated heterocycles. The zero-order valence-electron chi connectivity index (χ0n) is 11.5. The van der Waals surface area contributed by atoms with Crippen LogP contribution in [0.15, 0.2) is 18.2 Å². The summed E-state index contributed by atoms with van der Waals surface area (Å²) in [6.45, 7) is 6.43. The van der Waals surface area contributed by atoms with Gasteiger partial charge in [-0.3, -0.25) is 0 Å². The summed E-state index contributed by atoms with van der Waals surface area (Å²) in [6, 6.07) is 6.16. The summed E-state index contributed by atoms with van der Waals surface area (Å²) in [6.07, 6.45) is 2.08. The molecule has 100 valence electrons. The first-order valence-electron chi connectivity index (χ1n) is 6.80. The first-order chi connectivity index (χ1) is 8.58. The van der Waals surface area contributed by atoms with Crippen LogP contribution in [0.5, 0.6) is 0 Å². The molecule has 1 aliphatic carbocycles. The molecule has 1 aromatic rings. The Bertz CT molecular complexity index is 403. The number of halogens is 1. The van der Waals surface area contributed by atoms with Gasteiger partial charge in [0.25, 0.3) is 0 Å². The first-order valence-corrected chi connectivity index (χ1v) is 6.80. The van der Waals surface area contributed by atoms with Crippen molar-refractivity contribution in [2.75, 3.05) is 20.1 Å². The molecule has 0 saturated carbocycles. The van der Waals surface area contributed by atoms with Crippen LogP contribution in [0.3, 0.4) is 0 Å². The van der Waals surface area contributed by atoms with Crippen molar-refractivity contribution in [2.45, 2.75) is 38.8 Å². The van der Waals surface area contributed by atoms with E-state index in [0.717, 1.165) is 25.9 Å². The van der Waals surface area contributed by atoms with E-state index in [1.54, 1.807) is 12.1 Å². The number of hydrogen-bond donors (Lipinski definition) is 1. The molecule has 2 nitrogen and oxygen atoms in total. The number of fused-ring (bicyclic) bond motifs is 1. The second kappa shape index (κ2) is 5.81. The Kier molecular flexibility index (Phi) is 4.36. The van der Waals surface area contributed by atoms with E-state index in [2.05, 4.69) is 31.1 Å². The van der Waals surface area contributed by atoms with Gasteiger partial charge in [0.05, 0.1) is 0 Å². The molecule has 3 heteroatoms. The van der Waals surface area contributed by atoms with Crippen molar-refractivity contribution >= 4 is 0 Å². The third kappa shape index (κ3) is 3.09. The molecule has 0 spiro atoms. The van der Waals surface area contributed by atoms with Crippen LogP contribution in [0.1, 0.15) is 37.4 Å². The number of aryl methyl sites for hydroxylation is 1. The SMILES string of the molecule is CC(C)N(C)CCNC1CCc2cc(F)ccc21. The van der Waals surface area contributed by atoms with Crippen molar-refractivity contribution in [3.8, 4) is 0 Å². The van der Waals surface area contributed by atoms with Gasteiger partial charge >= 0.3 is 0 Å². The lowest BCUT2D eigenvalue weighted by Crippen LogP contribution is -2.34. The van der Waals surface area contributed by atoms with Gasteiger partial charge in [-0.2, -0.15) is 0 Å². The third-order valence-corrected chi connectivity index (χ3v) is 3.92. The first kappa shape index (κ1) is 13.5. The quantitative estimate of drug-likeness (QED) is 0.864. The number of hydrogen-bond acceptors (Lipinski definition) is 2. The van der Waals surface area contributed by atoms with Crippen LogP contribution in [-0.2, 0) is 6.42 Å². The highest BCUT2D eigenvalue weighted by molar-refractivity contribution is 5.34. The topological polar surface area (TPSA) is 15.3 Å². The highest BCUT2D eigenvalue weighted by Crippen LogP contribution is 2.31. The minimum atomic E-state index is -0.117. The average molecular weight is 250 g/mol. The van der Waals surface area contributed by atoms with Crippen molar-refractivity contribution in [3.05, 3.63) is 35.1 Å². The van der Waals surface area contributed by atoms with Crippen LogP contribution < -0.4 is 5.32 Å². The maximum absolute atomic E-state index is 13.1. The van der Waals surface area contributed by atoms with Gasteiger partial charge in [0, 0.05) is 25.2 Å². The monoisotopic (exact) mass is 250 g/mol. The molecule has 1 aliphatic rings. The van der Waals surface area contributed by atoms with Crippen molar-refractivity contribution < 1.29 is 4.39 Å². The standard InChI is InChI=1S/C15H23FN2/c1-11(2)18(3)9-8-17-15-7-4-12-10-13(16)5-6-14(12)15/h5-6,10-11,15,17H,4,7-9H2,1-3H3. The Morgan fingerprint density at radius 3 is 2.94 bits per heavy atom. The Morgan fingerprint density at radius 2 is 2.22 bits per heavy atom. The van der Waals surface area contributed by atoms with Gasteiger partial charge in [-0.05, 0) is 57.0 Å². The number of nitrogens with one attached hydrogen (secondary N) is 1. The fourth-order valence-corrected chi connectivity index (χ4v) is 2.47. The zero-order chi connectivity index (χ0) is 13.1. The molecule has 0 radical (unpaired) electrons. The lowest BCUT2D eigenvalue weighted by atomic mass is 10.1. The van der Waals surface area contributed by atoms with Crippen LogP contribution in [0, 0.1) is 5.82 Å². The van der Waals surface area contributed by atoms with Crippen molar-refractivity contribution in [2.24, 2.45) is 0 Å². The Hall–Kier alpha value is -0.930. The summed E-state index contributed by atoms with van der Waals surface area (Å²) in [7, 11) is 2.14. The van der Waals surface area contributed by atoms with Crippen molar-refractivity contribution in [3.63, 3.8) is 0 Å². The molecule has 1 unspecified atom stereocenters. The predicted octanol–water partition coefficient (Wildman–Crippen LogP) is 2.74. The van der Waals surface area contributed by atoms with Gasteiger partial charge in [0.15, 0.2) is 0 Å². The molecule has 0 bridgehead atoms. The van der Waals surface area contributed by atoms with E-state index in [1.165, 1.54) is 11.1 Å². The maximum Gasteiger partial charge on any atom is 0.123 e. The summed E-state index contributed by atoms with van der Waals surface area (Å²) in [5.74, 6) is -0.117. The van der Waals surface area contributed by atoms with Crippen LogP contribution in [-0.4, -0.2) is 31.1 Å².